The second-order valence-electron chi connectivity index (χ2n) is 4.32. The Morgan fingerprint density at radius 2 is 2.05 bits per heavy atom. The molecule has 1 aromatic carbocycles. The molecule has 19 heavy (non-hydrogen) atoms. The fraction of sp³-hybridized carbons (Fsp3) is 0.357. The molecule has 0 aliphatic rings. The molecule has 0 fully saturated rings. The number of amides is 1. The molecule has 0 radical (unpaired) electrons. The second-order valence-corrected chi connectivity index (χ2v) is 4.32. The Kier molecular flexibility index (Phi) is 5.15. The lowest BCUT2D eigenvalue weighted by Crippen LogP contribution is -2.33. The zero-order valence-electron chi connectivity index (χ0n) is 10.6. The zero-order valence-corrected chi connectivity index (χ0v) is 10.6. The minimum Gasteiger partial charge on any atom is -0.353 e. The predicted molar refractivity (Wildman–Crippen MR) is 67.6 cm³/mol. The van der Waals surface area contributed by atoms with Crippen molar-refractivity contribution in [1.82, 2.24) is 5.32 Å². The lowest BCUT2D eigenvalue weighted by Gasteiger charge is -2.14. The summed E-state index contributed by atoms with van der Waals surface area (Å²) in [5.41, 5.74) is -0.778. The summed E-state index contributed by atoms with van der Waals surface area (Å²) >= 11 is 0. The van der Waals surface area contributed by atoms with Crippen LogP contribution in [0.25, 0.3) is 0 Å². The van der Waals surface area contributed by atoms with E-state index in [1.807, 2.05) is 0 Å². The van der Waals surface area contributed by atoms with Crippen LogP contribution in [-0.4, -0.2) is 11.9 Å². The van der Waals surface area contributed by atoms with Crippen molar-refractivity contribution in [3.8, 4) is 0 Å². The van der Waals surface area contributed by atoms with Gasteiger partial charge in [-0.2, -0.15) is 13.2 Å². The molecule has 0 aromatic heterocycles. The molecule has 0 aliphatic heterocycles. The van der Waals surface area contributed by atoms with E-state index in [1.54, 1.807) is 13.0 Å². The van der Waals surface area contributed by atoms with E-state index < -0.39 is 17.6 Å². The summed E-state index contributed by atoms with van der Waals surface area (Å²) < 4.78 is 38.2. The van der Waals surface area contributed by atoms with Crippen molar-refractivity contribution in [2.45, 2.75) is 32.0 Å². The van der Waals surface area contributed by atoms with Crippen molar-refractivity contribution in [2.24, 2.45) is 0 Å². The Balaban J connectivity index is 2.77. The van der Waals surface area contributed by atoms with Gasteiger partial charge in [0.05, 0.1) is 12.0 Å². The smallest absolute Gasteiger partial charge is 0.353 e. The van der Waals surface area contributed by atoms with Crippen molar-refractivity contribution in [3.63, 3.8) is 0 Å². The van der Waals surface area contributed by atoms with Crippen LogP contribution in [0.5, 0.6) is 0 Å². The molecule has 1 atom stereocenters. The highest BCUT2D eigenvalue weighted by atomic mass is 19.4. The van der Waals surface area contributed by atoms with Crippen LogP contribution in [0.2, 0.25) is 0 Å². The molecule has 104 valence electrons. The summed E-state index contributed by atoms with van der Waals surface area (Å²) in [6, 6.07) is 4.97. The third kappa shape index (κ3) is 4.77. The maximum absolute atomic E-state index is 12.7. The summed E-state index contributed by atoms with van der Waals surface area (Å²) in [7, 11) is 0. The predicted octanol–water partition coefficient (Wildman–Crippen LogP) is 3.33. The van der Waals surface area contributed by atoms with E-state index in [0.29, 0.717) is 6.42 Å². The van der Waals surface area contributed by atoms with Crippen LogP contribution in [0, 0.1) is 0 Å². The summed E-state index contributed by atoms with van der Waals surface area (Å²) in [5, 5.41) is 2.63. The van der Waals surface area contributed by atoms with E-state index in [2.05, 4.69) is 11.9 Å². The largest absolute Gasteiger partial charge is 0.416 e. The lowest BCUT2D eigenvalue weighted by atomic mass is 10.0. The first-order valence-electron chi connectivity index (χ1n) is 5.90. The molecule has 1 aromatic rings. The molecule has 0 saturated carbocycles. The molecule has 0 spiro atoms. The van der Waals surface area contributed by atoms with Gasteiger partial charge in [-0.15, -0.1) is 6.58 Å². The first-order chi connectivity index (χ1) is 8.84. The van der Waals surface area contributed by atoms with Gasteiger partial charge in [0, 0.05) is 6.04 Å². The average molecular weight is 271 g/mol. The molecule has 0 saturated heterocycles. The number of nitrogens with one attached hydrogen (secondary N) is 1. The normalized spacial score (nSPS) is 12.8. The van der Waals surface area contributed by atoms with Gasteiger partial charge in [-0.05, 0) is 25.0 Å². The fourth-order valence-corrected chi connectivity index (χ4v) is 1.76. The van der Waals surface area contributed by atoms with E-state index >= 15 is 0 Å². The Bertz CT molecular complexity index is 454. The lowest BCUT2D eigenvalue weighted by molar-refractivity contribution is -0.138. The topological polar surface area (TPSA) is 29.1 Å². The van der Waals surface area contributed by atoms with E-state index in [4.69, 9.17) is 0 Å². The second kappa shape index (κ2) is 6.41. The van der Waals surface area contributed by atoms with Gasteiger partial charge in [0.2, 0.25) is 5.91 Å². The monoisotopic (exact) mass is 271 g/mol. The van der Waals surface area contributed by atoms with Gasteiger partial charge in [-0.1, -0.05) is 24.3 Å². The molecule has 0 aliphatic carbocycles. The highest BCUT2D eigenvalue weighted by Gasteiger charge is 2.33. The fourth-order valence-electron chi connectivity index (χ4n) is 1.76. The third-order valence-corrected chi connectivity index (χ3v) is 2.60. The molecular formula is C14H16F3NO. The van der Waals surface area contributed by atoms with E-state index in [-0.39, 0.29) is 18.0 Å². The van der Waals surface area contributed by atoms with Gasteiger partial charge in [-0.3, -0.25) is 4.79 Å². The zero-order chi connectivity index (χ0) is 14.5. The van der Waals surface area contributed by atoms with E-state index in [1.165, 1.54) is 18.2 Å². The molecule has 1 N–H and O–H groups in total. The van der Waals surface area contributed by atoms with Crippen molar-refractivity contribution in [1.29, 1.82) is 0 Å². The highest BCUT2D eigenvalue weighted by Crippen LogP contribution is 2.31. The molecular weight excluding hydrogens is 255 g/mol. The summed E-state index contributed by atoms with van der Waals surface area (Å²) in [6.45, 7) is 5.31. The average Bonchev–Trinajstić information content (AvgIpc) is 2.28. The SMILES string of the molecule is C=CC[C@H](C)NC(=O)Cc1ccccc1C(F)(F)F. The maximum atomic E-state index is 12.7. The number of alkyl halides is 3. The standard InChI is InChI=1S/C14H16F3NO/c1-3-6-10(2)18-13(19)9-11-7-4-5-8-12(11)14(15,16)17/h3-5,7-8,10H,1,6,9H2,2H3,(H,18,19)/t10-/m0/s1. The van der Waals surface area contributed by atoms with Crippen LogP contribution in [0.3, 0.4) is 0 Å². The number of hydrogen-bond donors (Lipinski definition) is 1. The summed E-state index contributed by atoms with van der Waals surface area (Å²) in [5.74, 6) is -0.425. The Morgan fingerprint density at radius 3 is 2.63 bits per heavy atom. The van der Waals surface area contributed by atoms with E-state index in [0.717, 1.165) is 6.07 Å². The van der Waals surface area contributed by atoms with Gasteiger partial charge in [-0.25, -0.2) is 0 Å². The van der Waals surface area contributed by atoms with Crippen LogP contribution >= 0.6 is 0 Å². The van der Waals surface area contributed by atoms with Gasteiger partial charge in [0.1, 0.15) is 0 Å². The number of benzene rings is 1. The van der Waals surface area contributed by atoms with Gasteiger partial charge >= 0.3 is 6.18 Å². The Hall–Kier alpha value is -1.78. The summed E-state index contributed by atoms with van der Waals surface area (Å²) in [6.07, 6.45) is -2.50. The van der Waals surface area contributed by atoms with Crippen molar-refractivity contribution in [2.75, 3.05) is 0 Å². The first-order valence-corrected chi connectivity index (χ1v) is 5.90. The molecule has 1 amide bonds. The van der Waals surface area contributed by atoms with Crippen LogP contribution in [-0.2, 0) is 17.4 Å². The molecule has 1 rings (SSSR count). The Labute approximate surface area is 110 Å². The quantitative estimate of drug-likeness (QED) is 0.818. The minimum atomic E-state index is -4.44. The molecule has 0 heterocycles. The van der Waals surface area contributed by atoms with E-state index in [9.17, 15) is 18.0 Å². The number of carbonyl (C=O) groups is 1. The third-order valence-electron chi connectivity index (χ3n) is 2.60. The van der Waals surface area contributed by atoms with Crippen molar-refractivity contribution < 1.29 is 18.0 Å². The highest BCUT2D eigenvalue weighted by molar-refractivity contribution is 5.79. The van der Waals surface area contributed by atoms with Gasteiger partial charge in [0.25, 0.3) is 0 Å². The molecule has 2 nitrogen and oxygen atoms in total. The van der Waals surface area contributed by atoms with Crippen LogP contribution in [0.4, 0.5) is 13.2 Å². The number of hydrogen-bond acceptors (Lipinski definition) is 1. The van der Waals surface area contributed by atoms with Crippen LogP contribution in [0.1, 0.15) is 24.5 Å². The maximum Gasteiger partial charge on any atom is 0.416 e. The van der Waals surface area contributed by atoms with Gasteiger partial charge < -0.3 is 5.32 Å². The first kappa shape index (κ1) is 15.3. The van der Waals surface area contributed by atoms with Gasteiger partial charge in [0.15, 0.2) is 0 Å². The molecule has 0 unspecified atom stereocenters. The van der Waals surface area contributed by atoms with Crippen molar-refractivity contribution >= 4 is 5.91 Å². The van der Waals surface area contributed by atoms with Crippen LogP contribution < -0.4 is 5.32 Å². The molecule has 5 heteroatoms. The molecule has 0 bridgehead atoms. The summed E-state index contributed by atoms with van der Waals surface area (Å²) in [4.78, 5) is 11.7. The van der Waals surface area contributed by atoms with Crippen LogP contribution in [0.15, 0.2) is 36.9 Å². The van der Waals surface area contributed by atoms with Crippen molar-refractivity contribution in [3.05, 3.63) is 48.0 Å². The minimum absolute atomic E-state index is 0.0155. The number of rotatable bonds is 5. The Morgan fingerprint density at radius 1 is 1.42 bits per heavy atom. The number of halogens is 3. The number of carbonyl (C=O) groups excluding carboxylic acids is 1.